The van der Waals surface area contributed by atoms with Gasteiger partial charge in [0.05, 0.1) is 5.57 Å². The lowest BCUT2D eigenvalue weighted by Crippen LogP contribution is -2.50. The van der Waals surface area contributed by atoms with Crippen molar-refractivity contribution in [3.8, 4) is 11.1 Å². The average molecular weight is 457 g/mol. The van der Waals surface area contributed by atoms with Crippen LogP contribution in [-0.4, -0.2) is 23.0 Å². The van der Waals surface area contributed by atoms with Crippen LogP contribution in [0.4, 0.5) is 4.39 Å². The van der Waals surface area contributed by atoms with Crippen LogP contribution < -0.4 is 0 Å². The fourth-order valence-electron chi connectivity index (χ4n) is 4.41. The third-order valence-corrected chi connectivity index (χ3v) is 6.15. The van der Waals surface area contributed by atoms with Crippen molar-refractivity contribution < 1.29 is 23.5 Å². The molecule has 4 nitrogen and oxygen atoms in total. The van der Waals surface area contributed by atoms with Crippen molar-refractivity contribution in [2.45, 2.75) is 64.6 Å². The van der Waals surface area contributed by atoms with Crippen molar-refractivity contribution in [3.05, 3.63) is 64.1 Å². The molecule has 0 N–H and O–H groups in total. The number of benzene rings is 2. The lowest BCUT2D eigenvalue weighted by molar-refractivity contribution is -0.165. The largest absolute Gasteiger partial charge is 0.427 e. The van der Waals surface area contributed by atoms with Gasteiger partial charge in [-0.15, -0.1) is 0 Å². The zero-order valence-electron chi connectivity index (χ0n) is 18.8. The second-order valence-corrected chi connectivity index (χ2v) is 9.86. The highest BCUT2D eigenvalue weighted by molar-refractivity contribution is 6.30. The lowest BCUT2D eigenvalue weighted by Gasteiger charge is -2.42. The zero-order valence-corrected chi connectivity index (χ0v) is 19.6. The van der Waals surface area contributed by atoms with Crippen LogP contribution in [0.2, 0.25) is 5.02 Å². The number of halogens is 2. The maximum absolute atomic E-state index is 16.3. The summed E-state index contributed by atoms with van der Waals surface area (Å²) < 4.78 is 27.8. The molecule has 0 amide bonds. The summed E-state index contributed by atoms with van der Waals surface area (Å²) in [6, 6.07) is 10.5. The predicted molar refractivity (Wildman–Crippen MR) is 122 cm³/mol. The van der Waals surface area contributed by atoms with E-state index in [0.29, 0.717) is 16.1 Å². The van der Waals surface area contributed by atoms with Crippen LogP contribution in [0.5, 0.6) is 0 Å². The Labute approximate surface area is 192 Å². The van der Waals surface area contributed by atoms with Crippen molar-refractivity contribution in [1.82, 2.24) is 0 Å². The number of carbonyl (C=O) groups is 2. The summed E-state index contributed by atoms with van der Waals surface area (Å²) in [4.78, 5) is 25.6. The molecule has 2 aliphatic rings. The molecule has 0 unspecified atom stereocenters. The van der Waals surface area contributed by atoms with E-state index in [1.54, 1.807) is 58.0 Å². The summed E-state index contributed by atoms with van der Waals surface area (Å²) in [6.45, 7) is 8.00. The molecule has 0 spiro atoms. The molecular formula is C26H26ClFO4. The van der Waals surface area contributed by atoms with Gasteiger partial charge in [0.1, 0.15) is 17.0 Å². The van der Waals surface area contributed by atoms with Crippen LogP contribution in [0.15, 0.2) is 42.2 Å². The summed E-state index contributed by atoms with van der Waals surface area (Å²) in [5, 5.41) is 0.548. The van der Waals surface area contributed by atoms with Gasteiger partial charge in [-0.3, -0.25) is 9.59 Å². The van der Waals surface area contributed by atoms with Gasteiger partial charge in [0.15, 0.2) is 11.5 Å². The molecule has 2 aromatic carbocycles. The second kappa shape index (κ2) is 7.82. The van der Waals surface area contributed by atoms with Crippen LogP contribution in [0.25, 0.3) is 16.7 Å². The first-order valence-electron chi connectivity index (χ1n) is 10.7. The molecule has 1 heterocycles. The monoisotopic (exact) mass is 456 g/mol. The first-order chi connectivity index (χ1) is 14.9. The van der Waals surface area contributed by atoms with E-state index < -0.39 is 28.8 Å². The second-order valence-electron chi connectivity index (χ2n) is 9.42. The van der Waals surface area contributed by atoms with E-state index in [9.17, 15) is 9.59 Å². The van der Waals surface area contributed by atoms with Gasteiger partial charge in [-0.1, -0.05) is 35.9 Å². The molecule has 2 aromatic rings. The molecule has 0 aromatic heterocycles. The van der Waals surface area contributed by atoms with Crippen molar-refractivity contribution in [2.75, 3.05) is 0 Å². The van der Waals surface area contributed by atoms with Gasteiger partial charge < -0.3 is 9.47 Å². The molecule has 6 heteroatoms. The Morgan fingerprint density at radius 2 is 1.69 bits per heavy atom. The predicted octanol–water partition coefficient (Wildman–Crippen LogP) is 6.45. The van der Waals surface area contributed by atoms with E-state index in [4.69, 9.17) is 21.1 Å². The summed E-state index contributed by atoms with van der Waals surface area (Å²) in [7, 11) is 0. The number of rotatable bonds is 4. The Morgan fingerprint density at radius 3 is 2.25 bits per heavy atom. The zero-order chi connectivity index (χ0) is 23.4. The van der Waals surface area contributed by atoms with Crippen molar-refractivity contribution >= 4 is 28.9 Å². The van der Waals surface area contributed by atoms with Crippen LogP contribution in [-0.2, 0) is 19.1 Å². The first-order valence-corrected chi connectivity index (χ1v) is 11.1. The number of carbonyl (C=O) groups excluding carboxylic acids is 2. The fourth-order valence-corrected chi connectivity index (χ4v) is 4.54. The minimum atomic E-state index is -1.22. The van der Waals surface area contributed by atoms with Gasteiger partial charge >= 0.3 is 5.97 Å². The minimum Gasteiger partial charge on any atom is -0.427 e. The third kappa shape index (κ3) is 4.00. The topological polar surface area (TPSA) is 52.6 Å². The number of esters is 1. The molecule has 0 radical (unpaired) electrons. The normalized spacial score (nSPS) is 19.8. The molecular weight excluding hydrogens is 431 g/mol. The maximum Gasteiger partial charge on any atom is 0.307 e. The van der Waals surface area contributed by atoms with Crippen LogP contribution in [0.3, 0.4) is 0 Å². The molecule has 168 valence electrons. The van der Waals surface area contributed by atoms with Gasteiger partial charge in [-0.2, -0.15) is 0 Å². The van der Waals surface area contributed by atoms with E-state index in [0.717, 1.165) is 18.4 Å². The van der Waals surface area contributed by atoms with E-state index in [1.807, 2.05) is 6.07 Å². The summed E-state index contributed by atoms with van der Waals surface area (Å²) in [5.41, 5.74) is -0.300. The van der Waals surface area contributed by atoms with Crippen molar-refractivity contribution in [3.63, 3.8) is 0 Å². The molecule has 1 aliphatic carbocycles. The number of hydrogen-bond acceptors (Lipinski definition) is 4. The number of ketones is 1. The highest BCUT2D eigenvalue weighted by Crippen LogP contribution is 2.49. The molecule has 0 saturated heterocycles. The fraction of sp³-hybridized carbons (Fsp3) is 0.385. The SMILES string of the molecule is CC(=O)OC1=C(c2c(C3CC3)ccc(-c3ccc(Cl)cc3)c2F)C(=O)C(C)(C)OC1(C)C. The highest BCUT2D eigenvalue weighted by Gasteiger charge is 2.50. The number of Topliss-reactive ketones (excluding diaryl/α,β-unsaturated/α-hetero) is 1. The van der Waals surface area contributed by atoms with Gasteiger partial charge in [0.25, 0.3) is 0 Å². The quantitative estimate of drug-likeness (QED) is 0.496. The van der Waals surface area contributed by atoms with Crippen LogP contribution in [0, 0.1) is 5.82 Å². The summed E-state index contributed by atoms with van der Waals surface area (Å²) in [6.07, 6.45) is 1.83. The van der Waals surface area contributed by atoms with Crippen LogP contribution >= 0.6 is 11.6 Å². The summed E-state index contributed by atoms with van der Waals surface area (Å²) >= 11 is 6.01. The van der Waals surface area contributed by atoms with Gasteiger partial charge in [0.2, 0.25) is 0 Å². The molecule has 4 rings (SSSR count). The Hall–Kier alpha value is -2.50. The van der Waals surface area contributed by atoms with Gasteiger partial charge in [0, 0.05) is 23.1 Å². The number of hydrogen-bond donors (Lipinski definition) is 0. The third-order valence-electron chi connectivity index (χ3n) is 5.90. The maximum atomic E-state index is 16.3. The van der Waals surface area contributed by atoms with E-state index in [2.05, 4.69) is 0 Å². The molecule has 1 aliphatic heterocycles. The average Bonchev–Trinajstić information content (AvgIpc) is 3.52. The van der Waals surface area contributed by atoms with E-state index >= 15 is 4.39 Å². The Bertz CT molecular complexity index is 1140. The Balaban J connectivity index is 2.05. The van der Waals surface area contributed by atoms with Crippen molar-refractivity contribution in [2.24, 2.45) is 0 Å². The molecule has 1 fully saturated rings. The standard InChI is InChI=1S/C26H26ClFO4/c1-14(29)31-24-21(23(30)25(2,3)32-26(24,4)5)20-18(15-6-7-15)12-13-19(22(20)28)16-8-10-17(27)11-9-16/h8-13,15H,6-7H2,1-5H3. The van der Waals surface area contributed by atoms with Gasteiger partial charge in [-0.25, -0.2) is 4.39 Å². The van der Waals surface area contributed by atoms with E-state index in [1.165, 1.54) is 6.92 Å². The Morgan fingerprint density at radius 1 is 1.06 bits per heavy atom. The number of ether oxygens (including phenoxy) is 2. The lowest BCUT2D eigenvalue weighted by atomic mass is 9.80. The van der Waals surface area contributed by atoms with E-state index in [-0.39, 0.29) is 22.8 Å². The summed E-state index contributed by atoms with van der Waals surface area (Å²) in [5.74, 6) is -1.32. The minimum absolute atomic E-state index is 0.0448. The first kappa shape index (κ1) is 22.7. The molecule has 0 bridgehead atoms. The highest BCUT2D eigenvalue weighted by atomic mass is 35.5. The Kier molecular flexibility index (Phi) is 5.54. The molecule has 0 atom stereocenters. The molecule has 32 heavy (non-hydrogen) atoms. The van der Waals surface area contributed by atoms with Crippen molar-refractivity contribution in [1.29, 1.82) is 0 Å². The molecule has 1 saturated carbocycles. The van der Waals surface area contributed by atoms with Crippen LogP contribution in [0.1, 0.15) is 64.5 Å². The smallest absolute Gasteiger partial charge is 0.307 e. The van der Waals surface area contributed by atoms with Gasteiger partial charge in [-0.05, 0) is 69.7 Å².